The molecule has 3 heteroatoms. The Kier molecular flexibility index (Phi) is 5.38. The Morgan fingerprint density at radius 2 is 2.00 bits per heavy atom. The number of carbonyl (C=O) groups is 1. The first-order valence-corrected chi connectivity index (χ1v) is 6.29. The van der Waals surface area contributed by atoms with Gasteiger partial charge in [0.1, 0.15) is 0 Å². The molecule has 1 amide bonds. The van der Waals surface area contributed by atoms with Crippen LogP contribution in [0.15, 0.2) is 24.3 Å². The summed E-state index contributed by atoms with van der Waals surface area (Å²) in [6, 6.07) is 9.24. The van der Waals surface area contributed by atoms with Gasteiger partial charge in [0.05, 0.1) is 18.1 Å². The lowest BCUT2D eigenvalue weighted by molar-refractivity contribution is -0.129. The number of benzene rings is 1. The van der Waals surface area contributed by atoms with Crippen LogP contribution >= 0.6 is 0 Å². The highest BCUT2D eigenvalue weighted by Gasteiger charge is 2.11. The van der Waals surface area contributed by atoms with E-state index in [2.05, 4.69) is 19.9 Å². The lowest BCUT2D eigenvalue weighted by Crippen LogP contribution is -2.32. The van der Waals surface area contributed by atoms with E-state index in [0.29, 0.717) is 17.9 Å². The maximum absolute atomic E-state index is 12.0. The fourth-order valence-electron chi connectivity index (χ4n) is 1.71. The zero-order chi connectivity index (χ0) is 13.5. The van der Waals surface area contributed by atoms with Crippen LogP contribution in [0.2, 0.25) is 0 Å². The number of rotatable bonds is 5. The van der Waals surface area contributed by atoms with Crippen LogP contribution in [0.25, 0.3) is 0 Å². The highest BCUT2D eigenvalue weighted by atomic mass is 16.2. The Hall–Kier alpha value is -1.82. The van der Waals surface area contributed by atoms with Gasteiger partial charge < -0.3 is 4.90 Å². The molecule has 0 radical (unpaired) electrons. The third kappa shape index (κ3) is 4.21. The summed E-state index contributed by atoms with van der Waals surface area (Å²) >= 11 is 0. The molecule has 1 aromatic carbocycles. The average molecular weight is 244 g/mol. The molecular weight excluding hydrogens is 224 g/mol. The first-order valence-electron chi connectivity index (χ1n) is 6.29. The molecule has 1 atom stereocenters. The molecule has 0 aromatic heterocycles. The molecule has 1 rings (SSSR count). The topological polar surface area (TPSA) is 44.1 Å². The zero-order valence-corrected chi connectivity index (χ0v) is 11.3. The first-order chi connectivity index (χ1) is 8.56. The first kappa shape index (κ1) is 14.2. The van der Waals surface area contributed by atoms with Crippen LogP contribution in [0.4, 0.5) is 0 Å². The molecule has 0 N–H and O–H groups in total. The molecule has 0 bridgehead atoms. The third-order valence-electron chi connectivity index (χ3n) is 3.15. The molecule has 1 aromatic rings. The Labute approximate surface area is 109 Å². The van der Waals surface area contributed by atoms with Gasteiger partial charge >= 0.3 is 0 Å². The standard InChI is InChI=1S/C15H20N2O/c1-4-12(2)11-17(3)15(18)9-13-5-7-14(10-16)8-6-13/h5-8,12H,4,9,11H2,1-3H3. The minimum absolute atomic E-state index is 0.125. The summed E-state index contributed by atoms with van der Waals surface area (Å²) in [4.78, 5) is 13.8. The Balaban J connectivity index is 2.55. The monoisotopic (exact) mass is 244 g/mol. The number of carbonyl (C=O) groups excluding carboxylic acids is 1. The smallest absolute Gasteiger partial charge is 0.226 e. The van der Waals surface area contributed by atoms with Crippen molar-refractivity contribution < 1.29 is 4.79 Å². The Bertz CT molecular complexity index is 431. The summed E-state index contributed by atoms with van der Waals surface area (Å²) < 4.78 is 0. The Morgan fingerprint density at radius 1 is 1.39 bits per heavy atom. The molecular formula is C15H20N2O. The number of amides is 1. The minimum Gasteiger partial charge on any atom is -0.345 e. The van der Waals surface area contributed by atoms with Gasteiger partial charge in [0.25, 0.3) is 0 Å². The summed E-state index contributed by atoms with van der Waals surface area (Å²) in [6.45, 7) is 5.07. The van der Waals surface area contributed by atoms with Gasteiger partial charge in [0.15, 0.2) is 0 Å². The quantitative estimate of drug-likeness (QED) is 0.799. The number of hydrogen-bond donors (Lipinski definition) is 0. The lowest BCUT2D eigenvalue weighted by atomic mass is 10.1. The van der Waals surface area contributed by atoms with Crippen LogP contribution in [0.5, 0.6) is 0 Å². The largest absolute Gasteiger partial charge is 0.345 e. The van der Waals surface area contributed by atoms with Gasteiger partial charge in [-0.3, -0.25) is 4.79 Å². The van der Waals surface area contributed by atoms with Crippen molar-refractivity contribution in [3.05, 3.63) is 35.4 Å². The second-order valence-electron chi connectivity index (χ2n) is 4.77. The van der Waals surface area contributed by atoms with Crippen molar-refractivity contribution in [1.82, 2.24) is 4.90 Å². The lowest BCUT2D eigenvalue weighted by Gasteiger charge is -2.20. The number of nitrogens with zero attached hydrogens (tertiary/aromatic N) is 2. The number of likely N-dealkylation sites (N-methyl/N-ethyl adjacent to an activating group) is 1. The Morgan fingerprint density at radius 3 is 2.50 bits per heavy atom. The van der Waals surface area contributed by atoms with Crippen LogP contribution in [0.3, 0.4) is 0 Å². The van der Waals surface area contributed by atoms with Gasteiger partial charge in [-0.2, -0.15) is 5.26 Å². The molecule has 0 saturated carbocycles. The summed E-state index contributed by atoms with van der Waals surface area (Å²) in [5.41, 5.74) is 1.58. The number of hydrogen-bond acceptors (Lipinski definition) is 2. The molecule has 0 heterocycles. The van der Waals surface area contributed by atoms with Gasteiger partial charge in [-0.1, -0.05) is 32.4 Å². The summed E-state index contributed by atoms with van der Waals surface area (Å²) in [7, 11) is 1.85. The van der Waals surface area contributed by atoms with Crippen LogP contribution in [0, 0.1) is 17.2 Å². The van der Waals surface area contributed by atoms with Crippen molar-refractivity contribution in [1.29, 1.82) is 5.26 Å². The second kappa shape index (κ2) is 6.80. The van der Waals surface area contributed by atoms with E-state index in [-0.39, 0.29) is 5.91 Å². The summed E-state index contributed by atoms with van der Waals surface area (Å²) in [6.07, 6.45) is 1.48. The van der Waals surface area contributed by atoms with E-state index in [1.54, 1.807) is 17.0 Å². The van der Waals surface area contributed by atoms with Gasteiger partial charge in [-0.15, -0.1) is 0 Å². The van der Waals surface area contributed by atoms with Crippen molar-refractivity contribution >= 4 is 5.91 Å². The van der Waals surface area contributed by atoms with Gasteiger partial charge in [0.2, 0.25) is 5.91 Å². The molecule has 3 nitrogen and oxygen atoms in total. The second-order valence-corrected chi connectivity index (χ2v) is 4.77. The molecule has 0 aliphatic heterocycles. The average Bonchev–Trinajstić information content (AvgIpc) is 2.39. The summed E-state index contributed by atoms with van der Waals surface area (Å²) in [5, 5.41) is 8.70. The molecule has 0 spiro atoms. The van der Waals surface area contributed by atoms with E-state index in [1.807, 2.05) is 19.2 Å². The molecule has 0 fully saturated rings. The van der Waals surface area contributed by atoms with E-state index in [9.17, 15) is 4.79 Å². The van der Waals surface area contributed by atoms with Crippen molar-refractivity contribution in [2.24, 2.45) is 5.92 Å². The molecule has 96 valence electrons. The fourth-order valence-corrected chi connectivity index (χ4v) is 1.71. The van der Waals surface area contributed by atoms with Crippen LogP contribution < -0.4 is 0 Å². The predicted octanol–water partition coefficient (Wildman–Crippen LogP) is 2.61. The number of nitriles is 1. The molecule has 0 aliphatic rings. The molecule has 0 saturated heterocycles. The highest BCUT2D eigenvalue weighted by Crippen LogP contribution is 2.08. The van der Waals surface area contributed by atoms with Crippen LogP contribution in [0.1, 0.15) is 31.4 Å². The van der Waals surface area contributed by atoms with Gasteiger partial charge in [-0.25, -0.2) is 0 Å². The third-order valence-corrected chi connectivity index (χ3v) is 3.15. The maximum Gasteiger partial charge on any atom is 0.226 e. The fraction of sp³-hybridized carbons (Fsp3) is 0.467. The van der Waals surface area contributed by atoms with Gasteiger partial charge in [0, 0.05) is 13.6 Å². The predicted molar refractivity (Wildman–Crippen MR) is 72.0 cm³/mol. The molecule has 1 unspecified atom stereocenters. The normalized spacial score (nSPS) is 11.7. The van der Waals surface area contributed by atoms with E-state index in [0.717, 1.165) is 18.5 Å². The highest BCUT2D eigenvalue weighted by molar-refractivity contribution is 5.78. The van der Waals surface area contributed by atoms with Crippen molar-refractivity contribution in [3.8, 4) is 6.07 Å². The van der Waals surface area contributed by atoms with Crippen molar-refractivity contribution in [3.63, 3.8) is 0 Å². The molecule has 18 heavy (non-hydrogen) atoms. The van der Waals surface area contributed by atoms with E-state index in [4.69, 9.17) is 5.26 Å². The minimum atomic E-state index is 0.125. The van der Waals surface area contributed by atoms with Crippen LogP contribution in [-0.2, 0) is 11.2 Å². The van der Waals surface area contributed by atoms with Gasteiger partial charge in [-0.05, 0) is 23.6 Å². The SMILES string of the molecule is CCC(C)CN(C)C(=O)Cc1ccc(C#N)cc1. The van der Waals surface area contributed by atoms with E-state index in [1.165, 1.54) is 0 Å². The maximum atomic E-state index is 12.0. The zero-order valence-electron chi connectivity index (χ0n) is 11.3. The van der Waals surface area contributed by atoms with E-state index < -0.39 is 0 Å². The van der Waals surface area contributed by atoms with Crippen LogP contribution in [-0.4, -0.2) is 24.4 Å². The van der Waals surface area contributed by atoms with E-state index >= 15 is 0 Å². The molecule has 0 aliphatic carbocycles. The van der Waals surface area contributed by atoms with Crippen molar-refractivity contribution in [2.75, 3.05) is 13.6 Å². The summed E-state index contributed by atoms with van der Waals surface area (Å²) in [5.74, 6) is 0.653. The van der Waals surface area contributed by atoms with Crippen molar-refractivity contribution in [2.45, 2.75) is 26.7 Å².